The van der Waals surface area contributed by atoms with E-state index in [4.69, 9.17) is 15.9 Å². The monoisotopic (exact) mass is 495 g/mol. The molecule has 186 valence electrons. The predicted molar refractivity (Wildman–Crippen MR) is 128 cm³/mol. The van der Waals surface area contributed by atoms with Gasteiger partial charge in [-0.15, -0.1) is 0 Å². The normalized spacial score (nSPS) is 12.3. The van der Waals surface area contributed by atoms with Crippen LogP contribution in [-0.2, 0) is 4.74 Å². The number of nitrogens with zero attached hydrogens (tertiary/aromatic N) is 2. The van der Waals surface area contributed by atoms with E-state index in [0.29, 0.717) is 11.3 Å². The number of hydrogen-bond donors (Lipinski definition) is 5. The zero-order valence-electron chi connectivity index (χ0n) is 18.5. The molecule has 0 fully saturated rings. The van der Waals surface area contributed by atoms with Crippen LogP contribution >= 0.6 is 0 Å². The summed E-state index contributed by atoms with van der Waals surface area (Å²) in [5, 5.41) is 51.7. The Morgan fingerprint density at radius 3 is 2.06 bits per heavy atom. The van der Waals surface area contributed by atoms with Crippen molar-refractivity contribution in [2.45, 2.75) is 12.2 Å². The maximum Gasteiger partial charge on any atom is 0.339 e. The minimum atomic E-state index is -1.53. The molecule has 0 spiro atoms. The highest BCUT2D eigenvalue weighted by Gasteiger charge is 2.27. The van der Waals surface area contributed by atoms with Crippen LogP contribution in [-0.4, -0.2) is 44.7 Å². The first kappa shape index (κ1) is 25.7. The number of non-ortho nitro benzene ring substituents is 2. The first-order valence-corrected chi connectivity index (χ1v) is 10.3. The Labute approximate surface area is 203 Å². The lowest BCUT2D eigenvalue weighted by atomic mass is 9.98. The van der Waals surface area contributed by atoms with Crippen molar-refractivity contribution in [2.75, 3.05) is 11.9 Å². The Kier molecular flexibility index (Phi) is 7.89. The summed E-state index contributed by atoms with van der Waals surface area (Å²) >= 11 is 0. The van der Waals surface area contributed by atoms with Gasteiger partial charge in [0.2, 0.25) is 0 Å². The Bertz CT molecular complexity index is 1290. The maximum absolute atomic E-state index is 13.2. The average Bonchev–Trinajstić information content (AvgIpc) is 2.86. The van der Waals surface area contributed by atoms with Gasteiger partial charge in [0, 0.05) is 30.0 Å². The number of nitro groups is 2. The van der Waals surface area contributed by atoms with Gasteiger partial charge < -0.3 is 26.0 Å². The molecule has 0 saturated heterocycles. The second-order valence-corrected chi connectivity index (χ2v) is 7.53. The third-order valence-electron chi connectivity index (χ3n) is 5.11. The summed E-state index contributed by atoms with van der Waals surface area (Å²) in [6.07, 6.45) is -2.89. The largest absolute Gasteiger partial charge is 0.451 e. The fourth-order valence-electron chi connectivity index (χ4n) is 3.39. The second kappa shape index (κ2) is 11.0. The molecule has 0 radical (unpaired) electrons. The molecule has 3 aromatic rings. The number of benzene rings is 3. The highest BCUT2D eigenvalue weighted by Crippen LogP contribution is 2.32. The number of esters is 1. The van der Waals surface area contributed by atoms with Crippen molar-refractivity contribution in [1.82, 2.24) is 0 Å². The quantitative estimate of drug-likeness (QED) is 0.0961. The molecule has 0 aromatic heterocycles. The number of nitrogens with one attached hydrogen (secondary N) is 2. The molecule has 3 aromatic carbocycles. The van der Waals surface area contributed by atoms with Crippen molar-refractivity contribution < 1.29 is 29.6 Å². The van der Waals surface area contributed by atoms with E-state index >= 15 is 0 Å². The zero-order chi connectivity index (χ0) is 26.4. The lowest BCUT2D eigenvalue weighted by molar-refractivity contribution is -0.385. The number of nitro benzene ring substituents is 2. The van der Waals surface area contributed by atoms with Crippen LogP contribution < -0.4 is 11.1 Å². The summed E-state index contributed by atoms with van der Waals surface area (Å²) in [6.45, 7) is -0.758. The van der Waals surface area contributed by atoms with Crippen molar-refractivity contribution in [3.63, 3.8) is 0 Å². The van der Waals surface area contributed by atoms with Crippen molar-refractivity contribution in [3.05, 3.63) is 98.1 Å². The predicted octanol–water partition coefficient (Wildman–Crippen LogP) is 2.73. The van der Waals surface area contributed by atoms with Gasteiger partial charge in [0.25, 0.3) is 11.4 Å². The number of aliphatic hydroxyl groups excluding tert-OH is 2. The van der Waals surface area contributed by atoms with Gasteiger partial charge in [0.1, 0.15) is 6.10 Å². The van der Waals surface area contributed by atoms with E-state index in [1.807, 2.05) is 0 Å². The summed E-state index contributed by atoms with van der Waals surface area (Å²) in [4.78, 5) is 34.0. The van der Waals surface area contributed by atoms with E-state index in [0.717, 1.165) is 0 Å². The van der Waals surface area contributed by atoms with Gasteiger partial charge in [0.05, 0.1) is 22.0 Å². The molecule has 0 heterocycles. The highest BCUT2D eigenvalue weighted by atomic mass is 16.6. The fourth-order valence-corrected chi connectivity index (χ4v) is 3.39. The van der Waals surface area contributed by atoms with Crippen LogP contribution in [0, 0.1) is 25.6 Å². The number of rotatable bonds is 9. The summed E-state index contributed by atoms with van der Waals surface area (Å²) in [7, 11) is 0. The fraction of sp³-hybridized carbons (Fsp3) is 0.130. The number of aliphatic hydroxyl groups is 2. The molecule has 6 N–H and O–H groups in total. The molecule has 0 bridgehead atoms. The summed E-state index contributed by atoms with van der Waals surface area (Å²) in [6, 6.07) is 14.6. The number of hydrogen-bond acceptors (Lipinski definition) is 9. The van der Waals surface area contributed by atoms with Gasteiger partial charge in [-0.25, -0.2) is 4.79 Å². The summed E-state index contributed by atoms with van der Waals surface area (Å²) in [5.74, 6) is -1.27. The van der Waals surface area contributed by atoms with E-state index < -0.39 is 34.6 Å². The number of carbonyl (C=O) groups is 1. The van der Waals surface area contributed by atoms with E-state index in [2.05, 4.69) is 5.32 Å². The molecule has 0 aliphatic heterocycles. The third kappa shape index (κ3) is 5.97. The van der Waals surface area contributed by atoms with Crippen LogP contribution in [0.1, 0.15) is 22.0 Å². The first-order valence-electron chi connectivity index (χ1n) is 10.3. The molecule has 0 amide bonds. The van der Waals surface area contributed by atoms with Crippen LogP contribution in [0.25, 0.3) is 11.1 Å². The molecule has 2 atom stereocenters. The average molecular weight is 495 g/mol. The third-order valence-corrected chi connectivity index (χ3v) is 5.11. The van der Waals surface area contributed by atoms with Crippen LogP contribution in [0.15, 0.2) is 66.7 Å². The van der Waals surface area contributed by atoms with E-state index in [-0.39, 0.29) is 34.0 Å². The van der Waals surface area contributed by atoms with Gasteiger partial charge in [-0.05, 0) is 59.2 Å². The SMILES string of the molecule is N=C(N)Nc1ccc(C(=O)OC(c2ccc([N+](=O)[O-])cc2)C(O)CO)c(-c2ccc([N+](=O)[O-])cc2)c1. The van der Waals surface area contributed by atoms with Crippen molar-refractivity contribution in [2.24, 2.45) is 5.73 Å². The van der Waals surface area contributed by atoms with Gasteiger partial charge >= 0.3 is 5.97 Å². The Morgan fingerprint density at radius 1 is 1.00 bits per heavy atom. The van der Waals surface area contributed by atoms with Crippen molar-refractivity contribution in [1.29, 1.82) is 5.41 Å². The Balaban J connectivity index is 2.01. The number of ether oxygens (including phenoxy) is 1. The van der Waals surface area contributed by atoms with Crippen LogP contribution in [0.5, 0.6) is 0 Å². The first-order chi connectivity index (χ1) is 17.1. The molecule has 13 nitrogen and oxygen atoms in total. The standard InChI is InChI=1S/C23H21N5O8/c24-23(25)26-15-5-10-18(19(11-15)13-1-6-16(7-2-13)27(32)33)22(31)36-21(20(30)12-29)14-3-8-17(9-4-14)28(34)35/h1-11,20-21,29-30H,12H2,(H4,24,25,26). The molecule has 13 heteroatoms. The van der Waals surface area contributed by atoms with E-state index in [1.165, 1.54) is 66.7 Å². The van der Waals surface area contributed by atoms with E-state index in [9.17, 15) is 35.2 Å². The van der Waals surface area contributed by atoms with Gasteiger partial charge in [-0.3, -0.25) is 25.6 Å². The minimum absolute atomic E-state index is 0.00927. The van der Waals surface area contributed by atoms with Crippen LogP contribution in [0.3, 0.4) is 0 Å². The molecule has 3 rings (SSSR count). The molecule has 36 heavy (non-hydrogen) atoms. The Morgan fingerprint density at radius 2 is 1.56 bits per heavy atom. The smallest absolute Gasteiger partial charge is 0.339 e. The van der Waals surface area contributed by atoms with Crippen LogP contribution in [0.4, 0.5) is 17.1 Å². The molecular formula is C23H21N5O8. The lowest BCUT2D eigenvalue weighted by Gasteiger charge is -2.23. The topological polar surface area (TPSA) is 215 Å². The van der Waals surface area contributed by atoms with E-state index in [1.54, 1.807) is 0 Å². The van der Waals surface area contributed by atoms with Gasteiger partial charge in [-0.1, -0.05) is 0 Å². The number of guanidine groups is 1. The zero-order valence-corrected chi connectivity index (χ0v) is 18.5. The molecular weight excluding hydrogens is 474 g/mol. The van der Waals surface area contributed by atoms with Gasteiger partial charge in [0.15, 0.2) is 12.1 Å². The van der Waals surface area contributed by atoms with Crippen molar-refractivity contribution >= 4 is 29.0 Å². The number of anilines is 1. The number of nitrogens with two attached hydrogens (primary N) is 1. The van der Waals surface area contributed by atoms with Crippen LogP contribution in [0.2, 0.25) is 0 Å². The van der Waals surface area contributed by atoms with Crippen molar-refractivity contribution in [3.8, 4) is 11.1 Å². The number of carbonyl (C=O) groups excluding carboxylic acids is 1. The molecule has 0 saturated carbocycles. The minimum Gasteiger partial charge on any atom is -0.451 e. The summed E-state index contributed by atoms with van der Waals surface area (Å²) in [5.41, 5.74) is 6.28. The van der Waals surface area contributed by atoms with Gasteiger partial charge in [-0.2, -0.15) is 0 Å². The maximum atomic E-state index is 13.2. The lowest BCUT2D eigenvalue weighted by Crippen LogP contribution is -2.27. The molecule has 0 aliphatic carbocycles. The molecule has 2 unspecified atom stereocenters. The highest BCUT2D eigenvalue weighted by molar-refractivity contribution is 5.99. The summed E-state index contributed by atoms with van der Waals surface area (Å²) < 4.78 is 5.51. The molecule has 0 aliphatic rings. The Hall–Kier alpha value is -4.88. The second-order valence-electron chi connectivity index (χ2n) is 7.53.